The van der Waals surface area contributed by atoms with Crippen molar-refractivity contribution in [1.29, 1.82) is 0 Å². The van der Waals surface area contributed by atoms with E-state index in [1.165, 1.54) is 0 Å². The monoisotopic (exact) mass is 281 g/mol. The maximum atomic E-state index is 6.07. The van der Waals surface area contributed by atoms with Gasteiger partial charge in [-0.3, -0.25) is 10.4 Å². The number of rotatable bonds is 3. The molecule has 1 aromatic heterocycles. The minimum atomic E-state index is 0.675. The third kappa shape index (κ3) is 2.63. The normalized spacial score (nSPS) is 11.1. The van der Waals surface area contributed by atoms with Crippen molar-refractivity contribution in [1.82, 2.24) is 4.98 Å². The van der Waals surface area contributed by atoms with E-state index in [2.05, 4.69) is 15.5 Å². The highest BCUT2D eigenvalue weighted by Gasteiger charge is 1.99. The van der Waals surface area contributed by atoms with Crippen LogP contribution in [0.5, 0.6) is 0 Å². The van der Waals surface area contributed by atoms with Crippen molar-refractivity contribution >= 4 is 34.4 Å². The molecule has 4 heteroatoms. The number of hydrogen-bond donors (Lipinski definition) is 1. The number of benzene rings is 2. The van der Waals surface area contributed by atoms with Crippen LogP contribution in [0.3, 0.4) is 0 Å². The van der Waals surface area contributed by atoms with Crippen LogP contribution >= 0.6 is 11.6 Å². The first-order valence-electron chi connectivity index (χ1n) is 6.22. The van der Waals surface area contributed by atoms with Crippen LogP contribution in [-0.2, 0) is 0 Å². The van der Waals surface area contributed by atoms with Gasteiger partial charge in [-0.15, -0.1) is 0 Å². The zero-order valence-corrected chi connectivity index (χ0v) is 11.4. The maximum absolute atomic E-state index is 6.07. The molecule has 0 aliphatic heterocycles. The predicted molar refractivity (Wildman–Crippen MR) is 84.4 cm³/mol. The summed E-state index contributed by atoms with van der Waals surface area (Å²) >= 11 is 6.07. The highest BCUT2D eigenvalue weighted by molar-refractivity contribution is 6.33. The first-order chi connectivity index (χ1) is 9.84. The summed E-state index contributed by atoms with van der Waals surface area (Å²) in [6, 6.07) is 17.4. The van der Waals surface area contributed by atoms with Gasteiger partial charge < -0.3 is 0 Å². The maximum Gasteiger partial charge on any atom is 0.0951 e. The lowest BCUT2D eigenvalue weighted by molar-refractivity contribution is 1.33. The fourth-order valence-electron chi connectivity index (χ4n) is 1.95. The molecule has 3 rings (SSSR count). The molecule has 0 fully saturated rings. The van der Waals surface area contributed by atoms with Gasteiger partial charge >= 0.3 is 0 Å². The molecule has 0 saturated heterocycles. The van der Waals surface area contributed by atoms with Gasteiger partial charge in [-0.05, 0) is 18.2 Å². The van der Waals surface area contributed by atoms with Crippen LogP contribution in [0, 0.1) is 0 Å². The quantitative estimate of drug-likeness (QED) is 0.573. The lowest BCUT2D eigenvalue weighted by Gasteiger charge is -2.04. The Morgan fingerprint density at radius 3 is 2.75 bits per heavy atom. The third-order valence-electron chi connectivity index (χ3n) is 2.93. The Labute approximate surface area is 121 Å². The molecular formula is C16H12ClN3. The molecule has 0 aliphatic rings. The largest absolute Gasteiger partial charge is 0.276 e. The number of nitrogens with one attached hydrogen (secondary N) is 1. The van der Waals surface area contributed by atoms with E-state index in [9.17, 15) is 0 Å². The Bertz CT molecular complexity index is 763. The molecule has 3 aromatic rings. The van der Waals surface area contributed by atoms with Crippen LogP contribution in [0.2, 0.25) is 5.02 Å². The number of para-hydroxylation sites is 1. The SMILES string of the molecule is Clc1ccccc1C=NNc1cccc2cccnc12. The molecular weight excluding hydrogens is 270 g/mol. The summed E-state index contributed by atoms with van der Waals surface area (Å²) in [5.41, 5.74) is 5.64. The molecule has 0 saturated carbocycles. The lowest BCUT2D eigenvalue weighted by Crippen LogP contribution is -1.93. The minimum absolute atomic E-state index is 0.675. The van der Waals surface area contributed by atoms with Crippen molar-refractivity contribution in [2.24, 2.45) is 5.10 Å². The first-order valence-corrected chi connectivity index (χ1v) is 6.60. The summed E-state index contributed by atoms with van der Waals surface area (Å²) in [6.45, 7) is 0. The molecule has 20 heavy (non-hydrogen) atoms. The second-order valence-corrected chi connectivity index (χ2v) is 4.68. The molecule has 0 spiro atoms. The van der Waals surface area contributed by atoms with Gasteiger partial charge in [0.25, 0.3) is 0 Å². The van der Waals surface area contributed by atoms with Crippen LogP contribution < -0.4 is 5.43 Å². The van der Waals surface area contributed by atoms with Gasteiger partial charge in [0.1, 0.15) is 0 Å². The van der Waals surface area contributed by atoms with Crippen LogP contribution in [0.25, 0.3) is 10.9 Å². The van der Waals surface area contributed by atoms with E-state index in [1.807, 2.05) is 54.6 Å². The summed E-state index contributed by atoms with van der Waals surface area (Å²) in [5.74, 6) is 0. The second kappa shape index (κ2) is 5.72. The Morgan fingerprint density at radius 1 is 1.00 bits per heavy atom. The van der Waals surface area contributed by atoms with Crippen molar-refractivity contribution in [2.75, 3.05) is 5.43 Å². The second-order valence-electron chi connectivity index (χ2n) is 4.27. The van der Waals surface area contributed by atoms with Crippen LogP contribution in [0.4, 0.5) is 5.69 Å². The number of aromatic nitrogens is 1. The summed E-state index contributed by atoms with van der Waals surface area (Å²) in [7, 11) is 0. The summed E-state index contributed by atoms with van der Waals surface area (Å²) in [5, 5.41) is 5.97. The smallest absolute Gasteiger partial charge is 0.0951 e. The van der Waals surface area contributed by atoms with Gasteiger partial charge in [0, 0.05) is 22.2 Å². The number of hydrazone groups is 1. The standard InChI is InChI=1S/C16H12ClN3/c17-14-8-2-1-5-13(14)11-19-20-15-9-3-6-12-7-4-10-18-16(12)15/h1-11,20H. The predicted octanol–water partition coefficient (Wildman–Crippen LogP) is 4.33. The van der Waals surface area contributed by atoms with E-state index in [0.717, 1.165) is 22.2 Å². The molecule has 0 unspecified atom stereocenters. The number of fused-ring (bicyclic) bond motifs is 1. The number of pyridine rings is 1. The third-order valence-corrected chi connectivity index (χ3v) is 3.27. The van der Waals surface area contributed by atoms with Gasteiger partial charge in [-0.25, -0.2) is 0 Å². The summed E-state index contributed by atoms with van der Waals surface area (Å²) in [4.78, 5) is 4.36. The van der Waals surface area contributed by atoms with Gasteiger partial charge in [0.05, 0.1) is 17.4 Å². The van der Waals surface area contributed by atoms with E-state index >= 15 is 0 Å². The number of nitrogens with zero attached hydrogens (tertiary/aromatic N) is 2. The van der Waals surface area contributed by atoms with E-state index in [4.69, 9.17) is 11.6 Å². The van der Waals surface area contributed by atoms with E-state index in [-0.39, 0.29) is 0 Å². The van der Waals surface area contributed by atoms with E-state index < -0.39 is 0 Å². The van der Waals surface area contributed by atoms with Crippen molar-refractivity contribution in [3.05, 3.63) is 71.4 Å². The molecule has 2 aromatic carbocycles. The minimum Gasteiger partial charge on any atom is -0.276 e. The Morgan fingerprint density at radius 2 is 1.85 bits per heavy atom. The Hall–Kier alpha value is -2.39. The van der Waals surface area contributed by atoms with Gasteiger partial charge in [0.2, 0.25) is 0 Å². The van der Waals surface area contributed by atoms with Gasteiger partial charge in [0.15, 0.2) is 0 Å². The molecule has 3 nitrogen and oxygen atoms in total. The van der Waals surface area contributed by atoms with Crippen LogP contribution in [0.15, 0.2) is 65.9 Å². The van der Waals surface area contributed by atoms with E-state index in [0.29, 0.717) is 5.02 Å². The number of hydrogen-bond acceptors (Lipinski definition) is 3. The number of anilines is 1. The molecule has 98 valence electrons. The molecule has 0 bridgehead atoms. The van der Waals surface area contributed by atoms with Crippen LogP contribution in [-0.4, -0.2) is 11.2 Å². The molecule has 0 aliphatic carbocycles. The van der Waals surface area contributed by atoms with Crippen LogP contribution in [0.1, 0.15) is 5.56 Å². The topological polar surface area (TPSA) is 37.3 Å². The van der Waals surface area contributed by atoms with Crippen molar-refractivity contribution in [3.63, 3.8) is 0 Å². The zero-order chi connectivity index (χ0) is 13.8. The van der Waals surface area contributed by atoms with Crippen molar-refractivity contribution < 1.29 is 0 Å². The summed E-state index contributed by atoms with van der Waals surface area (Å²) in [6.07, 6.45) is 3.47. The average molecular weight is 282 g/mol. The Kier molecular flexibility index (Phi) is 3.61. The molecule has 0 atom stereocenters. The van der Waals surface area contributed by atoms with Gasteiger partial charge in [-0.2, -0.15) is 5.10 Å². The highest BCUT2D eigenvalue weighted by Crippen LogP contribution is 2.20. The highest BCUT2D eigenvalue weighted by atomic mass is 35.5. The lowest BCUT2D eigenvalue weighted by atomic mass is 10.2. The van der Waals surface area contributed by atoms with E-state index in [1.54, 1.807) is 12.4 Å². The molecule has 1 heterocycles. The molecule has 1 N–H and O–H groups in total. The molecule has 0 amide bonds. The average Bonchev–Trinajstić information content (AvgIpc) is 2.49. The first kappa shape index (κ1) is 12.6. The zero-order valence-electron chi connectivity index (χ0n) is 10.6. The fraction of sp³-hybridized carbons (Fsp3) is 0. The summed E-state index contributed by atoms with van der Waals surface area (Å²) < 4.78 is 0. The fourth-order valence-corrected chi connectivity index (χ4v) is 2.13. The van der Waals surface area contributed by atoms with Gasteiger partial charge in [-0.1, -0.05) is 48.0 Å². The number of halogens is 1. The Balaban J connectivity index is 1.86. The molecule has 0 radical (unpaired) electrons. The van der Waals surface area contributed by atoms with Crippen molar-refractivity contribution in [3.8, 4) is 0 Å². The van der Waals surface area contributed by atoms with Crippen molar-refractivity contribution in [2.45, 2.75) is 0 Å².